The zero-order valence-corrected chi connectivity index (χ0v) is 10.1. The quantitative estimate of drug-likeness (QED) is 0.604. The maximum absolute atomic E-state index is 11.5. The average Bonchev–Trinajstić information content (AvgIpc) is 2.24. The number of carbonyl (C=O) groups is 2. The normalized spacial score (nSPS) is 10.1. The maximum Gasteiger partial charge on any atom is 0.303 e. The van der Waals surface area contributed by atoms with E-state index in [9.17, 15) is 9.59 Å². The molecule has 0 radical (unpaired) electrons. The van der Waals surface area contributed by atoms with Gasteiger partial charge in [0.2, 0.25) is 5.91 Å². The van der Waals surface area contributed by atoms with Gasteiger partial charge in [-0.05, 0) is 19.8 Å². The first-order chi connectivity index (χ1) is 7.57. The Morgan fingerprint density at radius 2 is 1.88 bits per heavy atom. The number of unbranched alkanes of at least 4 members (excludes halogenated alkanes) is 1. The number of hydrogen-bond donors (Lipinski definition) is 1. The first-order valence-electron chi connectivity index (χ1n) is 5.61. The lowest BCUT2D eigenvalue weighted by Gasteiger charge is -2.16. The van der Waals surface area contributed by atoms with Gasteiger partial charge in [-0.1, -0.05) is 0 Å². The van der Waals surface area contributed by atoms with Crippen LogP contribution in [0, 0.1) is 0 Å². The molecule has 0 rings (SSSR count). The van der Waals surface area contributed by atoms with Crippen molar-refractivity contribution < 1.29 is 19.4 Å². The van der Waals surface area contributed by atoms with Crippen LogP contribution in [0.2, 0.25) is 0 Å². The van der Waals surface area contributed by atoms with Crippen LogP contribution in [0.3, 0.4) is 0 Å². The first kappa shape index (κ1) is 14.9. The molecule has 0 unspecified atom stereocenters. The third-order valence-corrected chi connectivity index (χ3v) is 2.23. The summed E-state index contributed by atoms with van der Waals surface area (Å²) in [6.45, 7) is 3.70. The lowest BCUT2D eigenvalue weighted by Crippen LogP contribution is -2.29. The number of carboxylic acids is 1. The molecule has 5 heteroatoms. The van der Waals surface area contributed by atoms with Crippen LogP contribution in [-0.4, -0.2) is 48.7 Å². The Kier molecular flexibility index (Phi) is 8.52. The highest BCUT2D eigenvalue weighted by molar-refractivity contribution is 5.75. The van der Waals surface area contributed by atoms with Crippen LogP contribution in [0.4, 0.5) is 0 Å². The highest BCUT2D eigenvalue weighted by atomic mass is 16.5. The van der Waals surface area contributed by atoms with Gasteiger partial charge in [0.05, 0.1) is 6.61 Å². The molecule has 5 nitrogen and oxygen atoms in total. The van der Waals surface area contributed by atoms with E-state index in [1.807, 2.05) is 6.92 Å². The molecule has 1 N–H and O–H groups in total. The molecule has 0 aliphatic rings. The Bertz CT molecular complexity index is 218. The van der Waals surface area contributed by atoms with Crippen molar-refractivity contribution in [3.63, 3.8) is 0 Å². The second-order valence-electron chi connectivity index (χ2n) is 3.61. The number of aliphatic carboxylic acids is 1. The molecule has 0 heterocycles. The van der Waals surface area contributed by atoms with Gasteiger partial charge >= 0.3 is 5.97 Å². The van der Waals surface area contributed by atoms with Crippen molar-refractivity contribution in [3.05, 3.63) is 0 Å². The molecule has 0 fully saturated rings. The Morgan fingerprint density at radius 3 is 2.44 bits per heavy atom. The lowest BCUT2D eigenvalue weighted by atomic mass is 10.2. The van der Waals surface area contributed by atoms with Gasteiger partial charge in [-0.25, -0.2) is 0 Å². The summed E-state index contributed by atoms with van der Waals surface area (Å²) in [6, 6.07) is 0. The van der Waals surface area contributed by atoms with Gasteiger partial charge < -0.3 is 14.7 Å². The Labute approximate surface area is 96.4 Å². The molecule has 1 amide bonds. The number of hydrogen-bond acceptors (Lipinski definition) is 3. The largest absolute Gasteiger partial charge is 0.481 e. The fourth-order valence-corrected chi connectivity index (χ4v) is 1.21. The van der Waals surface area contributed by atoms with Crippen LogP contribution in [-0.2, 0) is 14.3 Å². The molecule has 0 bridgehead atoms. The van der Waals surface area contributed by atoms with Crippen LogP contribution in [0.15, 0.2) is 0 Å². The molecule has 0 aromatic rings. The second-order valence-corrected chi connectivity index (χ2v) is 3.61. The minimum absolute atomic E-state index is 0.0464. The summed E-state index contributed by atoms with van der Waals surface area (Å²) in [7, 11) is 1.73. The van der Waals surface area contributed by atoms with E-state index >= 15 is 0 Å². The van der Waals surface area contributed by atoms with Gasteiger partial charge in [0.25, 0.3) is 0 Å². The Balaban J connectivity index is 3.51. The standard InChI is InChI=1S/C11H21NO4/c1-3-16-9-8-12(2)10(13)6-4-5-7-11(14)15/h3-9H2,1-2H3,(H,14,15). The highest BCUT2D eigenvalue weighted by Gasteiger charge is 2.08. The Hall–Kier alpha value is -1.10. The third kappa shape index (κ3) is 8.23. The fourth-order valence-electron chi connectivity index (χ4n) is 1.21. The number of carbonyl (C=O) groups excluding carboxylic acids is 1. The maximum atomic E-state index is 11.5. The van der Waals surface area contributed by atoms with E-state index in [2.05, 4.69) is 0 Å². The van der Waals surface area contributed by atoms with E-state index in [-0.39, 0.29) is 12.3 Å². The molecule has 0 saturated carbocycles. The summed E-state index contributed by atoms with van der Waals surface area (Å²) in [5.41, 5.74) is 0. The number of rotatable bonds is 9. The van der Waals surface area contributed by atoms with Crippen molar-refractivity contribution in [1.29, 1.82) is 0 Å². The van der Waals surface area contributed by atoms with Crippen LogP contribution >= 0.6 is 0 Å². The van der Waals surface area contributed by atoms with Crippen molar-refractivity contribution in [3.8, 4) is 0 Å². The van der Waals surface area contributed by atoms with Crippen molar-refractivity contribution in [2.45, 2.75) is 32.6 Å². The van der Waals surface area contributed by atoms with Crippen LogP contribution in [0.5, 0.6) is 0 Å². The minimum Gasteiger partial charge on any atom is -0.481 e. The summed E-state index contributed by atoms with van der Waals surface area (Å²) in [5.74, 6) is -0.762. The van der Waals surface area contributed by atoms with Crippen LogP contribution in [0.1, 0.15) is 32.6 Å². The number of nitrogens with zero attached hydrogens (tertiary/aromatic N) is 1. The van der Waals surface area contributed by atoms with Gasteiger partial charge in [-0.3, -0.25) is 9.59 Å². The lowest BCUT2D eigenvalue weighted by molar-refractivity contribution is -0.137. The predicted molar refractivity (Wildman–Crippen MR) is 60.2 cm³/mol. The molecule has 94 valence electrons. The average molecular weight is 231 g/mol. The van der Waals surface area contributed by atoms with Gasteiger partial charge in [-0.15, -0.1) is 0 Å². The number of carboxylic acid groups (broad SMARTS) is 1. The van der Waals surface area contributed by atoms with E-state index in [1.165, 1.54) is 0 Å². The smallest absolute Gasteiger partial charge is 0.303 e. The van der Waals surface area contributed by atoms with Gasteiger partial charge in [-0.2, -0.15) is 0 Å². The van der Waals surface area contributed by atoms with Crippen LogP contribution < -0.4 is 0 Å². The highest BCUT2D eigenvalue weighted by Crippen LogP contribution is 2.02. The molecule has 16 heavy (non-hydrogen) atoms. The predicted octanol–water partition coefficient (Wildman–Crippen LogP) is 1.13. The van der Waals surface area contributed by atoms with E-state index in [4.69, 9.17) is 9.84 Å². The molecule has 0 aromatic carbocycles. The van der Waals surface area contributed by atoms with E-state index in [0.717, 1.165) is 0 Å². The minimum atomic E-state index is -0.808. The topological polar surface area (TPSA) is 66.8 Å². The van der Waals surface area contributed by atoms with Crippen molar-refractivity contribution >= 4 is 11.9 Å². The molecule has 0 spiro atoms. The molecular weight excluding hydrogens is 210 g/mol. The summed E-state index contributed by atoms with van der Waals surface area (Å²) in [5, 5.41) is 8.42. The zero-order valence-electron chi connectivity index (χ0n) is 10.1. The molecule has 0 aliphatic carbocycles. The second kappa shape index (κ2) is 9.15. The van der Waals surface area contributed by atoms with Crippen molar-refractivity contribution in [2.75, 3.05) is 26.8 Å². The summed E-state index contributed by atoms with van der Waals surface area (Å²) >= 11 is 0. The Morgan fingerprint density at radius 1 is 1.25 bits per heavy atom. The van der Waals surface area contributed by atoms with E-state index < -0.39 is 5.97 Å². The summed E-state index contributed by atoms with van der Waals surface area (Å²) < 4.78 is 5.14. The van der Waals surface area contributed by atoms with Gasteiger partial charge in [0.15, 0.2) is 0 Å². The third-order valence-electron chi connectivity index (χ3n) is 2.23. The van der Waals surface area contributed by atoms with Crippen LogP contribution in [0.25, 0.3) is 0 Å². The summed E-state index contributed by atoms with van der Waals surface area (Å²) in [4.78, 5) is 23.4. The number of ether oxygens (including phenoxy) is 1. The number of likely N-dealkylation sites (N-methyl/N-ethyl adjacent to an activating group) is 1. The SMILES string of the molecule is CCOCCN(C)C(=O)CCCCC(=O)O. The molecule has 0 atom stereocenters. The monoisotopic (exact) mass is 231 g/mol. The first-order valence-corrected chi connectivity index (χ1v) is 5.61. The number of amides is 1. The molecule has 0 saturated heterocycles. The van der Waals surface area contributed by atoms with Crippen molar-refractivity contribution in [1.82, 2.24) is 4.90 Å². The molecular formula is C11H21NO4. The zero-order chi connectivity index (χ0) is 12.4. The van der Waals surface area contributed by atoms with Crippen molar-refractivity contribution in [2.24, 2.45) is 0 Å². The molecule has 0 aliphatic heterocycles. The van der Waals surface area contributed by atoms with E-state index in [1.54, 1.807) is 11.9 Å². The molecule has 0 aromatic heterocycles. The van der Waals surface area contributed by atoms with Gasteiger partial charge in [0.1, 0.15) is 0 Å². The fraction of sp³-hybridized carbons (Fsp3) is 0.818. The van der Waals surface area contributed by atoms with E-state index in [0.29, 0.717) is 39.0 Å². The summed E-state index contributed by atoms with van der Waals surface area (Å²) in [6.07, 6.45) is 1.73. The van der Waals surface area contributed by atoms with Gasteiger partial charge in [0, 0.05) is 33.0 Å².